The molecule has 5 heteroatoms. The number of benzene rings is 2. The van der Waals surface area contributed by atoms with Gasteiger partial charge in [0.15, 0.2) is 5.78 Å². The number of fused-ring (bicyclic) bond motifs is 3. The first-order chi connectivity index (χ1) is 14.2. The van der Waals surface area contributed by atoms with Gasteiger partial charge < -0.3 is 9.88 Å². The van der Waals surface area contributed by atoms with Crippen molar-refractivity contribution in [3.63, 3.8) is 0 Å². The highest BCUT2D eigenvalue weighted by molar-refractivity contribution is 7.99. The highest BCUT2D eigenvalue weighted by atomic mass is 32.2. The number of nitrogens with zero attached hydrogens (tertiary/aromatic N) is 2. The lowest BCUT2D eigenvalue weighted by atomic mass is 10.1. The minimum absolute atomic E-state index is 0.0992. The van der Waals surface area contributed by atoms with Gasteiger partial charge in [-0.3, -0.25) is 4.79 Å². The van der Waals surface area contributed by atoms with E-state index >= 15 is 0 Å². The fourth-order valence-electron chi connectivity index (χ4n) is 4.24. The molecule has 1 fully saturated rings. The first-order valence-electron chi connectivity index (χ1n) is 10.0. The molecule has 5 rings (SSSR count). The number of aryl methyl sites for hydroxylation is 1. The molecule has 0 bridgehead atoms. The van der Waals surface area contributed by atoms with Gasteiger partial charge in [0.25, 0.3) is 0 Å². The van der Waals surface area contributed by atoms with Gasteiger partial charge in [0.2, 0.25) is 0 Å². The number of rotatable bonds is 4. The Hall–Kier alpha value is -2.63. The second kappa shape index (κ2) is 7.65. The van der Waals surface area contributed by atoms with Gasteiger partial charge in [0.05, 0.1) is 17.3 Å². The lowest BCUT2D eigenvalue weighted by Crippen LogP contribution is -2.43. The molecular formula is C24H23N3OS. The van der Waals surface area contributed by atoms with E-state index in [9.17, 15) is 4.79 Å². The maximum atomic E-state index is 13.1. The predicted molar refractivity (Wildman–Crippen MR) is 121 cm³/mol. The van der Waals surface area contributed by atoms with Crippen molar-refractivity contribution in [2.45, 2.75) is 19.5 Å². The Labute approximate surface area is 174 Å². The molecule has 4 nitrogen and oxygen atoms in total. The summed E-state index contributed by atoms with van der Waals surface area (Å²) in [6.07, 6.45) is 0. The van der Waals surface area contributed by atoms with Crippen LogP contribution < -0.4 is 5.32 Å². The number of hydrogen-bond acceptors (Lipinski definition) is 4. The lowest BCUT2D eigenvalue weighted by molar-refractivity contribution is 0.0948. The van der Waals surface area contributed by atoms with Gasteiger partial charge in [0.1, 0.15) is 5.69 Å². The Morgan fingerprint density at radius 1 is 1.14 bits per heavy atom. The molecule has 0 spiro atoms. The van der Waals surface area contributed by atoms with E-state index in [1.807, 2.05) is 30.8 Å². The zero-order chi connectivity index (χ0) is 19.8. The normalized spacial score (nSPS) is 17.1. The Morgan fingerprint density at radius 3 is 2.72 bits per heavy atom. The second-order valence-electron chi connectivity index (χ2n) is 7.52. The van der Waals surface area contributed by atoms with Crippen molar-refractivity contribution in [1.29, 1.82) is 0 Å². The molecule has 0 amide bonds. The summed E-state index contributed by atoms with van der Waals surface area (Å²) in [6.45, 7) is 3.67. The van der Waals surface area contributed by atoms with Crippen LogP contribution >= 0.6 is 11.8 Å². The van der Waals surface area contributed by atoms with E-state index in [4.69, 9.17) is 4.98 Å². The number of pyridine rings is 1. The summed E-state index contributed by atoms with van der Waals surface area (Å²) in [5.74, 6) is 1.97. The van der Waals surface area contributed by atoms with E-state index in [0.717, 1.165) is 41.2 Å². The van der Waals surface area contributed by atoms with Crippen molar-refractivity contribution in [3.8, 4) is 0 Å². The zero-order valence-electron chi connectivity index (χ0n) is 16.4. The molecule has 2 aromatic carbocycles. The van der Waals surface area contributed by atoms with Gasteiger partial charge in [-0.2, -0.15) is 11.8 Å². The standard InChI is InChI=1S/C24H23N3OS/c1-16-23-19(13-20(26-16)24(28)21-15-29-12-11-25-21)18-9-5-6-10-22(18)27(23)14-17-7-3-2-4-8-17/h2-10,13,21,25H,11-12,14-15H2,1H3. The van der Waals surface area contributed by atoms with E-state index in [0.29, 0.717) is 5.69 Å². The number of aromatic nitrogens is 2. The first kappa shape index (κ1) is 18.4. The summed E-state index contributed by atoms with van der Waals surface area (Å²) in [4.78, 5) is 17.8. The van der Waals surface area contributed by atoms with Gasteiger partial charge in [-0.15, -0.1) is 0 Å². The number of Topliss-reactive ketones (excluding diaryl/α,β-unsaturated/α-hetero) is 1. The van der Waals surface area contributed by atoms with Crippen LogP contribution in [-0.4, -0.2) is 39.4 Å². The third-order valence-electron chi connectivity index (χ3n) is 5.60. The summed E-state index contributed by atoms with van der Waals surface area (Å²) in [7, 11) is 0. The quantitative estimate of drug-likeness (QED) is 0.514. The van der Waals surface area contributed by atoms with E-state index in [-0.39, 0.29) is 11.8 Å². The maximum absolute atomic E-state index is 13.1. The number of carbonyl (C=O) groups excluding carboxylic acids is 1. The van der Waals surface area contributed by atoms with Crippen molar-refractivity contribution < 1.29 is 4.79 Å². The third kappa shape index (κ3) is 3.34. The van der Waals surface area contributed by atoms with Crippen LogP contribution in [0, 0.1) is 6.92 Å². The monoisotopic (exact) mass is 401 g/mol. The number of thioether (sulfide) groups is 1. The molecule has 1 N–H and O–H groups in total. The molecule has 29 heavy (non-hydrogen) atoms. The molecule has 0 aliphatic carbocycles. The highest BCUT2D eigenvalue weighted by Crippen LogP contribution is 2.32. The molecule has 4 aromatic rings. The van der Waals surface area contributed by atoms with Crippen molar-refractivity contribution >= 4 is 39.4 Å². The third-order valence-corrected chi connectivity index (χ3v) is 6.66. The SMILES string of the molecule is Cc1nc(C(=O)C2CSCCN2)cc2c3ccccc3n(Cc3ccccc3)c12. The van der Waals surface area contributed by atoms with Crippen molar-refractivity contribution in [1.82, 2.24) is 14.9 Å². The van der Waals surface area contributed by atoms with E-state index in [1.165, 1.54) is 16.5 Å². The highest BCUT2D eigenvalue weighted by Gasteiger charge is 2.25. The number of carbonyl (C=O) groups is 1. The van der Waals surface area contributed by atoms with E-state index in [1.54, 1.807) is 0 Å². The number of ketones is 1. The second-order valence-corrected chi connectivity index (χ2v) is 8.67. The van der Waals surface area contributed by atoms with Crippen molar-refractivity contribution in [3.05, 3.63) is 77.6 Å². The summed E-state index contributed by atoms with van der Waals surface area (Å²) >= 11 is 1.83. The Morgan fingerprint density at radius 2 is 1.93 bits per heavy atom. The van der Waals surface area contributed by atoms with Crippen LogP contribution in [0.1, 0.15) is 21.7 Å². The maximum Gasteiger partial charge on any atom is 0.198 e. The van der Waals surface area contributed by atoms with Gasteiger partial charge in [-0.1, -0.05) is 48.5 Å². The van der Waals surface area contributed by atoms with E-state index < -0.39 is 0 Å². The molecule has 1 aliphatic heterocycles. The van der Waals surface area contributed by atoms with Gasteiger partial charge in [-0.05, 0) is 24.6 Å². The Balaban J connectivity index is 1.67. The fourth-order valence-corrected chi connectivity index (χ4v) is 5.17. The molecule has 0 saturated carbocycles. The van der Waals surface area contributed by atoms with Crippen LogP contribution in [0.15, 0.2) is 60.7 Å². The Bertz CT molecular complexity index is 1190. The molecule has 2 aromatic heterocycles. The summed E-state index contributed by atoms with van der Waals surface area (Å²) in [6, 6.07) is 20.7. The molecular weight excluding hydrogens is 378 g/mol. The molecule has 1 aliphatic rings. The minimum atomic E-state index is -0.143. The molecule has 3 heterocycles. The molecule has 1 saturated heterocycles. The average molecular weight is 402 g/mol. The van der Waals surface area contributed by atoms with Crippen LogP contribution in [-0.2, 0) is 6.54 Å². The van der Waals surface area contributed by atoms with Crippen LogP contribution in [0.4, 0.5) is 0 Å². The van der Waals surface area contributed by atoms with Crippen LogP contribution in [0.3, 0.4) is 0 Å². The van der Waals surface area contributed by atoms with Crippen LogP contribution in [0.2, 0.25) is 0 Å². The number of nitrogens with one attached hydrogen (secondary N) is 1. The largest absolute Gasteiger partial charge is 0.334 e. The smallest absolute Gasteiger partial charge is 0.198 e. The number of hydrogen-bond donors (Lipinski definition) is 1. The summed E-state index contributed by atoms with van der Waals surface area (Å²) in [5.41, 5.74) is 5.00. The van der Waals surface area contributed by atoms with Crippen molar-refractivity contribution in [2.75, 3.05) is 18.1 Å². The summed E-state index contributed by atoms with van der Waals surface area (Å²) < 4.78 is 2.32. The number of para-hydroxylation sites is 1. The van der Waals surface area contributed by atoms with Crippen LogP contribution in [0.25, 0.3) is 21.8 Å². The lowest BCUT2D eigenvalue weighted by Gasteiger charge is -2.21. The zero-order valence-corrected chi connectivity index (χ0v) is 17.2. The van der Waals surface area contributed by atoms with Gasteiger partial charge in [0, 0.05) is 40.9 Å². The minimum Gasteiger partial charge on any atom is -0.334 e. The average Bonchev–Trinajstić information content (AvgIpc) is 3.09. The fraction of sp³-hybridized carbons (Fsp3) is 0.250. The molecule has 1 atom stereocenters. The predicted octanol–water partition coefficient (Wildman–Crippen LogP) is 4.43. The van der Waals surface area contributed by atoms with Crippen LogP contribution in [0.5, 0.6) is 0 Å². The Kier molecular flexibility index (Phi) is 4.86. The topological polar surface area (TPSA) is 46.9 Å². The van der Waals surface area contributed by atoms with Gasteiger partial charge in [-0.25, -0.2) is 4.98 Å². The first-order valence-corrected chi connectivity index (χ1v) is 11.2. The van der Waals surface area contributed by atoms with Crippen molar-refractivity contribution in [2.24, 2.45) is 0 Å². The van der Waals surface area contributed by atoms with Gasteiger partial charge >= 0.3 is 0 Å². The molecule has 0 radical (unpaired) electrons. The molecule has 1 unspecified atom stereocenters. The summed E-state index contributed by atoms with van der Waals surface area (Å²) in [5, 5.41) is 5.62. The van der Waals surface area contributed by atoms with E-state index in [2.05, 4.69) is 58.4 Å². The molecule has 146 valence electrons.